The fraction of sp³-hybridized carbons (Fsp3) is 0.320. The van der Waals surface area contributed by atoms with Crippen LogP contribution in [-0.2, 0) is 14.3 Å². The molecule has 2 amide bonds. The average molecular weight is 507 g/mol. The second-order valence-corrected chi connectivity index (χ2v) is 9.56. The van der Waals surface area contributed by atoms with Crippen LogP contribution >= 0.6 is 11.8 Å². The molecule has 1 fully saturated rings. The first-order chi connectivity index (χ1) is 17.4. The van der Waals surface area contributed by atoms with Crippen molar-refractivity contribution >= 4 is 45.7 Å². The van der Waals surface area contributed by atoms with Gasteiger partial charge in [-0.25, -0.2) is 0 Å². The van der Waals surface area contributed by atoms with Gasteiger partial charge < -0.3 is 18.9 Å². The molecule has 11 heteroatoms. The minimum atomic E-state index is -0.503. The number of rotatable bonds is 5. The minimum absolute atomic E-state index is 0.0533. The van der Waals surface area contributed by atoms with Gasteiger partial charge in [-0.15, -0.1) is 0 Å². The fourth-order valence-corrected chi connectivity index (χ4v) is 5.31. The Hall–Kier alpha value is -3.70. The van der Waals surface area contributed by atoms with Crippen molar-refractivity contribution in [2.45, 2.75) is 20.3 Å². The summed E-state index contributed by atoms with van der Waals surface area (Å²) in [5, 5.41) is 15.3. The lowest BCUT2D eigenvalue weighted by molar-refractivity contribution is -0.133. The van der Waals surface area contributed by atoms with Crippen LogP contribution in [0.3, 0.4) is 0 Å². The second kappa shape index (κ2) is 9.75. The first-order valence-corrected chi connectivity index (χ1v) is 12.4. The van der Waals surface area contributed by atoms with Gasteiger partial charge in [-0.2, -0.15) is 15.1 Å². The Labute approximate surface area is 212 Å². The van der Waals surface area contributed by atoms with E-state index in [1.54, 1.807) is 18.1 Å². The predicted octanol–water partition coefficient (Wildman–Crippen LogP) is 2.97. The van der Waals surface area contributed by atoms with Crippen LogP contribution in [0.25, 0.3) is 11.8 Å². The van der Waals surface area contributed by atoms with Crippen LogP contribution in [0, 0.1) is 19.3 Å². The van der Waals surface area contributed by atoms with Crippen LogP contribution < -0.4 is 4.74 Å². The lowest BCUT2D eigenvalue weighted by atomic mass is 10.1. The maximum Gasteiger partial charge on any atom is 0.283 e. The van der Waals surface area contributed by atoms with Gasteiger partial charge in [0.15, 0.2) is 5.84 Å². The van der Waals surface area contributed by atoms with Gasteiger partial charge in [0.05, 0.1) is 38.0 Å². The Morgan fingerprint density at radius 3 is 2.75 bits per heavy atom. The van der Waals surface area contributed by atoms with Crippen LogP contribution in [0.1, 0.15) is 23.4 Å². The van der Waals surface area contributed by atoms with Crippen molar-refractivity contribution in [2.75, 3.05) is 33.4 Å². The number of benzene rings is 1. The lowest BCUT2D eigenvalue weighted by Crippen LogP contribution is -2.41. The topological polar surface area (TPSA) is 113 Å². The van der Waals surface area contributed by atoms with E-state index in [-0.39, 0.29) is 23.7 Å². The van der Waals surface area contributed by atoms with Crippen molar-refractivity contribution in [2.24, 2.45) is 10.1 Å². The largest absolute Gasteiger partial charge is 0.495 e. The van der Waals surface area contributed by atoms with Crippen LogP contribution in [-0.4, -0.2) is 75.8 Å². The van der Waals surface area contributed by atoms with Crippen molar-refractivity contribution < 1.29 is 19.1 Å². The fourth-order valence-electron chi connectivity index (χ4n) is 4.43. The van der Waals surface area contributed by atoms with E-state index in [0.29, 0.717) is 36.5 Å². The number of para-hydroxylation sites is 2. The number of ether oxygens (including phenoxy) is 2. The number of amides is 2. The Morgan fingerprint density at radius 2 is 2.00 bits per heavy atom. The van der Waals surface area contributed by atoms with Gasteiger partial charge in [-0.3, -0.25) is 15.0 Å². The van der Waals surface area contributed by atoms with Crippen molar-refractivity contribution in [3.05, 3.63) is 52.9 Å². The molecule has 0 radical (unpaired) electrons. The monoisotopic (exact) mass is 506 g/mol. The molecule has 1 saturated heterocycles. The third kappa shape index (κ3) is 4.35. The van der Waals surface area contributed by atoms with Crippen molar-refractivity contribution in [1.29, 1.82) is 5.41 Å². The number of methoxy groups -OCH3 is 1. The van der Waals surface area contributed by atoms with Crippen molar-refractivity contribution in [3.8, 4) is 11.4 Å². The molecule has 0 unspecified atom stereocenters. The molecule has 0 bridgehead atoms. The van der Waals surface area contributed by atoms with Crippen LogP contribution in [0.5, 0.6) is 5.75 Å². The molecule has 3 aliphatic rings. The molecular formula is C25H26N6O4S. The summed E-state index contributed by atoms with van der Waals surface area (Å²) in [5.74, 6) is 0.115. The first-order valence-electron chi connectivity index (χ1n) is 11.5. The van der Waals surface area contributed by atoms with E-state index in [9.17, 15) is 9.59 Å². The highest BCUT2D eigenvalue weighted by Gasteiger charge is 2.36. The summed E-state index contributed by atoms with van der Waals surface area (Å²) in [6.45, 7) is 6.08. The summed E-state index contributed by atoms with van der Waals surface area (Å²) >= 11 is 1.15. The zero-order chi connectivity index (χ0) is 25.4. The van der Waals surface area contributed by atoms with Gasteiger partial charge in [0.25, 0.3) is 5.91 Å². The predicted molar refractivity (Wildman–Crippen MR) is 139 cm³/mol. The molecule has 0 aliphatic carbocycles. The molecule has 36 heavy (non-hydrogen) atoms. The highest BCUT2D eigenvalue weighted by Crippen LogP contribution is 2.32. The second-order valence-electron chi connectivity index (χ2n) is 8.52. The number of hydrogen-bond donors (Lipinski definition) is 1. The third-order valence-corrected chi connectivity index (χ3v) is 7.17. The molecule has 4 heterocycles. The number of aryl methyl sites for hydroxylation is 1. The number of hydrogen-bond acceptors (Lipinski definition) is 7. The van der Waals surface area contributed by atoms with Gasteiger partial charge in [0, 0.05) is 24.5 Å². The summed E-state index contributed by atoms with van der Waals surface area (Å²) in [4.78, 5) is 31.4. The number of aromatic nitrogens is 1. The number of nitrogens with zero attached hydrogens (tertiary/aromatic N) is 5. The zero-order valence-corrected chi connectivity index (χ0v) is 21.1. The van der Waals surface area contributed by atoms with E-state index in [4.69, 9.17) is 14.9 Å². The number of aliphatic imine (C=N–C) groups is 1. The summed E-state index contributed by atoms with van der Waals surface area (Å²) < 4.78 is 12.9. The number of fused-ring (bicyclic) bond motifs is 1. The van der Waals surface area contributed by atoms with Gasteiger partial charge in [-0.05, 0) is 55.4 Å². The summed E-state index contributed by atoms with van der Waals surface area (Å²) in [6.07, 6.45) is 1.77. The van der Waals surface area contributed by atoms with E-state index >= 15 is 0 Å². The number of carbonyl (C=O) groups is 2. The van der Waals surface area contributed by atoms with Crippen LogP contribution in [0.4, 0.5) is 0 Å². The maximum atomic E-state index is 12.9. The highest BCUT2D eigenvalue weighted by atomic mass is 32.2. The smallest absolute Gasteiger partial charge is 0.283 e. The highest BCUT2D eigenvalue weighted by molar-refractivity contribution is 8.27. The number of amidine groups is 2. The van der Waals surface area contributed by atoms with E-state index in [0.717, 1.165) is 40.2 Å². The summed E-state index contributed by atoms with van der Waals surface area (Å²) in [5.41, 5.74) is 3.69. The van der Waals surface area contributed by atoms with Gasteiger partial charge in [-0.1, -0.05) is 12.1 Å². The van der Waals surface area contributed by atoms with E-state index in [1.807, 2.05) is 44.2 Å². The zero-order valence-electron chi connectivity index (χ0n) is 20.3. The molecule has 2 aromatic rings. The van der Waals surface area contributed by atoms with Crippen molar-refractivity contribution in [3.63, 3.8) is 0 Å². The van der Waals surface area contributed by atoms with Crippen LogP contribution in [0.15, 0.2) is 46.0 Å². The molecular weight excluding hydrogens is 480 g/mol. The van der Waals surface area contributed by atoms with Gasteiger partial charge in [0.1, 0.15) is 10.8 Å². The average Bonchev–Trinajstić information content (AvgIpc) is 3.41. The number of carbonyl (C=O) groups excluding carboxylic acids is 2. The Kier molecular flexibility index (Phi) is 6.50. The quantitative estimate of drug-likeness (QED) is 0.624. The molecule has 10 nitrogen and oxygen atoms in total. The molecule has 0 atom stereocenters. The molecule has 1 aromatic heterocycles. The number of morpholine rings is 1. The Morgan fingerprint density at radius 1 is 1.25 bits per heavy atom. The van der Waals surface area contributed by atoms with Crippen molar-refractivity contribution in [1.82, 2.24) is 14.5 Å². The van der Waals surface area contributed by atoms with Crippen LogP contribution in [0.2, 0.25) is 0 Å². The molecule has 1 aromatic carbocycles. The Bertz CT molecular complexity index is 1350. The third-order valence-electron chi connectivity index (χ3n) is 6.26. The standard InChI is InChI=1S/C25H26N6O4S/c1-15-12-17(16(2)30(15)19-6-4-5-7-20(19)34-3)13-18-23(26)31-25(27-24(18)33)36-21(28-31)14-22(32)29-8-10-35-11-9-29/h4-7,12-13,26H,8-11,14H2,1-3H3. The maximum absolute atomic E-state index is 12.9. The Balaban J connectivity index is 1.41. The summed E-state index contributed by atoms with van der Waals surface area (Å²) in [7, 11) is 1.63. The first kappa shape index (κ1) is 24.0. The number of nitrogens with one attached hydrogen (secondary N) is 1. The molecule has 3 aliphatic heterocycles. The van der Waals surface area contributed by atoms with Gasteiger partial charge >= 0.3 is 0 Å². The molecule has 0 spiro atoms. The van der Waals surface area contributed by atoms with E-state index in [1.165, 1.54) is 5.01 Å². The molecule has 1 N–H and O–H groups in total. The molecule has 0 saturated carbocycles. The molecule has 186 valence electrons. The minimum Gasteiger partial charge on any atom is -0.495 e. The lowest BCUT2D eigenvalue weighted by Gasteiger charge is -2.26. The van der Waals surface area contributed by atoms with E-state index < -0.39 is 5.91 Å². The van der Waals surface area contributed by atoms with E-state index in [2.05, 4.69) is 14.7 Å². The number of hydrazone groups is 1. The normalized spacial score (nSPS) is 18.9. The summed E-state index contributed by atoms with van der Waals surface area (Å²) in [6, 6.07) is 9.68. The van der Waals surface area contributed by atoms with Gasteiger partial charge in [0.2, 0.25) is 11.1 Å². The molecule has 5 rings (SSSR count). The SMILES string of the molecule is COc1ccccc1-n1c(C)cc(C=C2C(=N)N3N=C(CC(=O)N4CCOCC4)SC3=NC2=O)c1C. The number of thioether (sulfide) groups is 1.